The number of hydrogen-bond acceptors (Lipinski definition) is 2. The minimum absolute atomic E-state index is 0.122. The minimum atomic E-state index is -0.866. The summed E-state index contributed by atoms with van der Waals surface area (Å²) in [5.74, 6) is -1.72. The van der Waals surface area contributed by atoms with E-state index in [-0.39, 0.29) is 17.4 Å². The van der Waals surface area contributed by atoms with Gasteiger partial charge in [-0.05, 0) is 25.0 Å². The van der Waals surface area contributed by atoms with Crippen LogP contribution in [0.15, 0.2) is 12.1 Å². The van der Waals surface area contributed by atoms with Crippen LogP contribution in [0.5, 0.6) is 0 Å². The van der Waals surface area contributed by atoms with Crippen LogP contribution in [0.3, 0.4) is 0 Å². The summed E-state index contributed by atoms with van der Waals surface area (Å²) >= 11 is 0. The molecule has 1 saturated carbocycles. The second-order valence-corrected chi connectivity index (χ2v) is 4.66. The van der Waals surface area contributed by atoms with E-state index in [0.29, 0.717) is 0 Å². The molecule has 0 aromatic heterocycles. The molecule has 1 aromatic rings. The van der Waals surface area contributed by atoms with E-state index in [1.54, 1.807) is 0 Å². The Morgan fingerprint density at radius 1 is 1.06 bits per heavy atom. The maximum atomic E-state index is 13.6. The first-order chi connectivity index (χ1) is 8.18. The van der Waals surface area contributed by atoms with Crippen molar-refractivity contribution in [2.45, 2.75) is 44.6 Å². The van der Waals surface area contributed by atoms with Crippen LogP contribution in [0.1, 0.15) is 38.5 Å². The number of nitrogen functional groups attached to an aromatic ring is 1. The van der Waals surface area contributed by atoms with Crippen LogP contribution in [-0.4, -0.2) is 6.04 Å². The lowest BCUT2D eigenvalue weighted by atomic mass is 10.1. The topological polar surface area (TPSA) is 38.0 Å². The summed E-state index contributed by atoms with van der Waals surface area (Å²) in [6, 6.07) is 2.66. The highest BCUT2D eigenvalue weighted by molar-refractivity contribution is 5.67. The van der Waals surface area contributed by atoms with E-state index in [9.17, 15) is 8.78 Å². The number of benzene rings is 1. The molecule has 0 spiro atoms. The highest BCUT2D eigenvalue weighted by atomic mass is 19.2. The van der Waals surface area contributed by atoms with Crippen molar-refractivity contribution in [2.24, 2.45) is 0 Å². The third-order valence-corrected chi connectivity index (χ3v) is 3.33. The van der Waals surface area contributed by atoms with E-state index in [1.165, 1.54) is 18.9 Å². The van der Waals surface area contributed by atoms with Gasteiger partial charge >= 0.3 is 0 Å². The van der Waals surface area contributed by atoms with E-state index >= 15 is 0 Å². The molecule has 17 heavy (non-hydrogen) atoms. The average molecular weight is 240 g/mol. The van der Waals surface area contributed by atoms with Crippen molar-refractivity contribution in [3.05, 3.63) is 23.8 Å². The van der Waals surface area contributed by atoms with E-state index < -0.39 is 11.6 Å². The molecule has 0 radical (unpaired) electrons. The molecule has 1 aliphatic rings. The van der Waals surface area contributed by atoms with Crippen molar-refractivity contribution >= 4 is 11.4 Å². The van der Waals surface area contributed by atoms with Gasteiger partial charge in [0.2, 0.25) is 0 Å². The van der Waals surface area contributed by atoms with Gasteiger partial charge in [0, 0.05) is 6.04 Å². The molecule has 1 aliphatic carbocycles. The van der Waals surface area contributed by atoms with E-state index in [2.05, 4.69) is 5.32 Å². The van der Waals surface area contributed by atoms with Gasteiger partial charge in [-0.15, -0.1) is 0 Å². The summed E-state index contributed by atoms with van der Waals surface area (Å²) in [5.41, 5.74) is 6.07. The number of hydrogen-bond donors (Lipinski definition) is 2. The van der Waals surface area contributed by atoms with Gasteiger partial charge in [0.05, 0.1) is 11.4 Å². The SMILES string of the molecule is Nc1ccc(F)c(F)c1NC1CCCCCC1. The highest BCUT2D eigenvalue weighted by Crippen LogP contribution is 2.28. The normalized spacial score (nSPS) is 17.8. The summed E-state index contributed by atoms with van der Waals surface area (Å²) in [6.07, 6.45) is 6.70. The lowest BCUT2D eigenvalue weighted by Crippen LogP contribution is -2.20. The number of nitrogens with two attached hydrogens (primary N) is 1. The Hall–Kier alpha value is -1.32. The second kappa shape index (κ2) is 5.34. The van der Waals surface area contributed by atoms with Gasteiger partial charge < -0.3 is 11.1 Å². The van der Waals surface area contributed by atoms with Crippen molar-refractivity contribution in [2.75, 3.05) is 11.1 Å². The fourth-order valence-electron chi connectivity index (χ4n) is 2.34. The molecule has 2 rings (SSSR count). The summed E-state index contributed by atoms with van der Waals surface area (Å²) in [7, 11) is 0. The molecular formula is C13H18F2N2. The maximum absolute atomic E-state index is 13.6. The summed E-state index contributed by atoms with van der Waals surface area (Å²) in [6.45, 7) is 0. The van der Waals surface area contributed by atoms with Crippen LogP contribution in [0.25, 0.3) is 0 Å². The van der Waals surface area contributed by atoms with Gasteiger partial charge in [0.25, 0.3) is 0 Å². The predicted molar refractivity (Wildman–Crippen MR) is 65.9 cm³/mol. The van der Waals surface area contributed by atoms with E-state index in [4.69, 9.17) is 5.73 Å². The van der Waals surface area contributed by atoms with Crippen molar-refractivity contribution in [1.82, 2.24) is 0 Å². The van der Waals surface area contributed by atoms with E-state index in [1.807, 2.05) is 0 Å². The number of rotatable bonds is 2. The van der Waals surface area contributed by atoms with Crippen LogP contribution in [0.4, 0.5) is 20.2 Å². The van der Waals surface area contributed by atoms with Crippen molar-refractivity contribution in [1.29, 1.82) is 0 Å². The van der Waals surface area contributed by atoms with Gasteiger partial charge in [0.15, 0.2) is 11.6 Å². The van der Waals surface area contributed by atoms with Crippen molar-refractivity contribution in [3.8, 4) is 0 Å². The third kappa shape index (κ3) is 2.87. The minimum Gasteiger partial charge on any atom is -0.397 e. The second-order valence-electron chi connectivity index (χ2n) is 4.66. The summed E-state index contributed by atoms with van der Waals surface area (Å²) < 4.78 is 26.7. The fourth-order valence-corrected chi connectivity index (χ4v) is 2.34. The smallest absolute Gasteiger partial charge is 0.183 e. The van der Waals surface area contributed by atoms with Crippen LogP contribution in [-0.2, 0) is 0 Å². The lowest BCUT2D eigenvalue weighted by Gasteiger charge is -2.19. The van der Waals surface area contributed by atoms with Gasteiger partial charge in [-0.3, -0.25) is 0 Å². The quantitative estimate of drug-likeness (QED) is 0.611. The molecule has 0 bridgehead atoms. The molecule has 3 N–H and O–H groups in total. The van der Waals surface area contributed by atoms with Gasteiger partial charge in [-0.25, -0.2) is 8.78 Å². The molecule has 0 heterocycles. The molecule has 4 heteroatoms. The Labute approximate surface area is 100 Å². The third-order valence-electron chi connectivity index (χ3n) is 3.33. The Bertz CT molecular complexity index is 385. The monoisotopic (exact) mass is 240 g/mol. The predicted octanol–water partition coefficient (Wildman–Crippen LogP) is 3.68. The first-order valence-corrected chi connectivity index (χ1v) is 6.18. The van der Waals surface area contributed by atoms with Gasteiger partial charge in [-0.1, -0.05) is 25.7 Å². The standard InChI is InChI=1S/C13H18F2N2/c14-10-7-8-11(16)13(12(10)15)17-9-5-3-1-2-4-6-9/h7-9,17H,1-6,16H2. The highest BCUT2D eigenvalue weighted by Gasteiger charge is 2.17. The fraction of sp³-hybridized carbons (Fsp3) is 0.538. The van der Waals surface area contributed by atoms with Crippen LogP contribution >= 0.6 is 0 Å². The summed E-state index contributed by atoms with van der Waals surface area (Å²) in [4.78, 5) is 0. The molecular weight excluding hydrogens is 222 g/mol. The zero-order valence-electron chi connectivity index (χ0n) is 9.81. The molecule has 0 unspecified atom stereocenters. The first-order valence-electron chi connectivity index (χ1n) is 6.18. The Morgan fingerprint density at radius 2 is 1.71 bits per heavy atom. The van der Waals surface area contributed by atoms with Crippen molar-refractivity contribution < 1.29 is 8.78 Å². The number of anilines is 2. The van der Waals surface area contributed by atoms with E-state index in [0.717, 1.165) is 31.7 Å². The summed E-state index contributed by atoms with van der Waals surface area (Å²) in [5, 5.41) is 3.06. The van der Waals surface area contributed by atoms with Crippen LogP contribution in [0.2, 0.25) is 0 Å². The number of halogens is 2. The molecule has 0 saturated heterocycles. The zero-order valence-corrected chi connectivity index (χ0v) is 9.81. The zero-order chi connectivity index (χ0) is 12.3. The van der Waals surface area contributed by atoms with Crippen LogP contribution in [0, 0.1) is 11.6 Å². The van der Waals surface area contributed by atoms with Crippen molar-refractivity contribution in [3.63, 3.8) is 0 Å². The maximum Gasteiger partial charge on any atom is 0.183 e. The molecule has 0 amide bonds. The molecule has 1 aromatic carbocycles. The number of nitrogens with one attached hydrogen (secondary N) is 1. The Balaban J connectivity index is 2.14. The molecule has 2 nitrogen and oxygen atoms in total. The largest absolute Gasteiger partial charge is 0.397 e. The average Bonchev–Trinajstić information content (AvgIpc) is 2.58. The molecule has 0 atom stereocenters. The van der Waals surface area contributed by atoms with Crippen LogP contribution < -0.4 is 11.1 Å². The molecule has 1 fully saturated rings. The Morgan fingerprint density at radius 3 is 2.35 bits per heavy atom. The molecule has 94 valence electrons. The first kappa shape index (κ1) is 12.1. The lowest BCUT2D eigenvalue weighted by molar-refractivity contribution is 0.508. The van der Waals surface area contributed by atoms with Gasteiger partial charge in [0.1, 0.15) is 0 Å². The Kier molecular flexibility index (Phi) is 3.82. The molecule has 0 aliphatic heterocycles. The van der Waals surface area contributed by atoms with Gasteiger partial charge in [-0.2, -0.15) is 0 Å².